The van der Waals surface area contributed by atoms with Crippen LogP contribution in [0.2, 0.25) is 0 Å². The van der Waals surface area contributed by atoms with E-state index in [1.165, 1.54) is 6.07 Å². The van der Waals surface area contributed by atoms with E-state index >= 15 is 0 Å². The maximum Gasteiger partial charge on any atom is 0.257 e. The molecule has 0 aliphatic carbocycles. The molecule has 18 heavy (non-hydrogen) atoms. The summed E-state index contributed by atoms with van der Waals surface area (Å²) in [5, 5.41) is 3.08. The maximum atomic E-state index is 13.7. The molecule has 3 nitrogen and oxygen atoms in total. The van der Waals surface area contributed by atoms with Crippen molar-refractivity contribution in [2.24, 2.45) is 0 Å². The molecule has 1 amide bonds. The standard InChI is InChI=1S/C14H19FN2O/c1-10-5-6-13(15)12(8-10)14(18)17-7-3-4-11(17)9-16-2/h5-6,8,11,16H,3-4,7,9H2,1-2H3. The molecule has 1 aromatic carbocycles. The van der Waals surface area contributed by atoms with Crippen LogP contribution in [0.4, 0.5) is 4.39 Å². The van der Waals surface area contributed by atoms with Crippen molar-refractivity contribution in [3.05, 3.63) is 35.1 Å². The molecule has 1 aromatic rings. The first-order valence-electron chi connectivity index (χ1n) is 6.35. The number of likely N-dealkylation sites (tertiary alicyclic amines) is 1. The third-order valence-corrected chi connectivity index (χ3v) is 3.43. The Bertz CT molecular complexity index is 447. The van der Waals surface area contributed by atoms with Crippen molar-refractivity contribution in [3.63, 3.8) is 0 Å². The molecule has 0 spiro atoms. The number of nitrogens with zero attached hydrogens (tertiary/aromatic N) is 1. The average Bonchev–Trinajstić information content (AvgIpc) is 2.80. The summed E-state index contributed by atoms with van der Waals surface area (Å²) in [6.07, 6.45) is 1.98. The summed E-state index contributed by atoms with van der Waals surface area (Å²) in [7, 11) is 1.87. The number of carbonyl (C=O) groups excluding carboxylic acids is 1. The Hall–Kier alpha value is -1.42. The SMILES string of the molecule is CNCC1CCCN1C(=O)c1cc(C)ccc1F. The number of likely N-dealkylation sites (N-methyl/N-ethyl adjacent to an activating group) is 1. The van der Waals surface area contributed by atoms with E-state index < -0.39 is 5.82 Å². The topological polar surface area (TPSA) is 32.3 Å². The van der Waals surface area contributed by atoms with Gasteiger partial charge in [0, 0.05) is 19.1 Å². The first-order valence-corrected chi connectivity index (χ1v) is 6.35. The molecule has 0 saturated carbocycles. The second-order valence-electron chi connectivity index (χ2n) is 4.84. The summed E-state index contributed by atoms with van der Waals surface area (Å²) < 4.78 is 13.7. The molecular weight excluding hydrogens is 231 g/mol. The molecule has 98 valence electrons. The highest BCUT2D eigenvalue weighted by Gasteiger charge is 2.30. The summed E-state index contributed by atoms with van der Waals surface area (Å²) in [6.45, 7) is 3.35. The fourth-order valence-electron chi connectivity index (χ4n) is 2.51. The van der Waals surface area contributed by atoms with E-state index in [2.05, 4.69) is 5.32 Å². The van der Waals surface area contributed by atoms with Crippen LogP contribution < -0.4 is 5.32 Å². The summed E-state index contributed by atoms with van der Waals surface area (Å²) in [4.78, 5) is 14.1. The van der Waals surface area contributed by atoms with Crippen LogP contribution in [0.25, 0.3) is 0 Å². The Balaban J connectivity index is 2.22. The molecular formula is C14H19FN2O. The zero-order chi connectivity index (χ0) is 13.1. The van der Waals surface area contributed by atoms with Crippen molar-refractivity contribution < 1.29 is 9.18 Å². The molecule has 1 N–H and O–H groups in total. The summed E-state index contributed by atoms with van der Waals surface area (Å²) in [6, 6.07) is 4.86. The summed E-state index contributed by atoms with van der Waals surface area (Å²) in [5.41, 5.74) is 1.10. The Morgan fingerprint density at radius 1 is 1.56 bits per heavy atom. The van der Waals surface area contributed by atoms with Gasteiger partial charge >= 0.3 is 0 Å². The molecule has 1 aliphatic heterocycles. The van der Waals surface area contributed by atoms with E-state index in [1.54, 1.807) is 17.0 Å². The summed E-state index contributed by atoms with van der Waals surface area (Å²) in [5.74, 6) is -0.616. The number of benzene rings is 1. The number of nitrogens with one attached hydrogen (secondary N) is 1. The van der Waals surface area contributed by atoms with Crippen LogP contribution in [0.3, 0.4) is 0 Å². The van der Waals surface area contributed by atoms with E-state index in [1.807, 2.05) is 14.0 Å². The van der Waals surface area contributed by atoms with E-state index in [9.17, 15) is 9.18 Å². The second-order valence-corrected chi connectivity index (χ2v) is 4.84. The van der Waals surface area contributed by atoms with Crippen molar-refractivity contribution >= 4 is 5.91 Å². The van der Waals surface area contributed by atoms with Gasteiger partial charge in [-0.25, -0.2) is 4.39 Å². The number of carbonyl (C=O) groups is 1. The highest BCUT2D eigenvalue weighted by Crippen LogP contribution is 2.21. The smallest absolute Gasteiger partial charge is 0.257 e. The van der Waals surface area contributed by atoms with Crippen LogP contribution in [0, 0.1) is 12.7 Å². The quantitative estimate of drug-likeness (QED) is 0.889. The Morgan fingerprint density at radius 2 is 2.33 bits per heavy atom. The minimum Gasteiger partial charge on any atom is -0.334 e. The van der Waals surface area contributed by atoms with Crippen LogP contribution in [-0.4, -0.2) is 37.0 Å². The molecule has 4 heteroatoms. The number of halogens is 1. The van der Waals surface area contributed by atoms with Crippen molar-refractivity contribution in [2.45, 2.75) is 25.8 Å². The lowest BCUT2D eigenvalue weighted by Gasteiger charge is -2.24. The van der Waals surface area contributed by atoms with Crippen molar-refractivity contribution in [1.29, 1.82) is 0 Å². The third-order valence-electron chi connectivity index (χ3n) is 3.43. The molecule has 1 atom stereocenters. The van der Waals surface area contributed by atoms with Crippen molar-refractivity contribution in [3.8, 4) is 0 Å². The number of hydrogen-bond acceptors (Lipinski definition) is 2. The van der Waals surface area contributed by atoms with Gasteiger partial charge in [0.1, 0.15) is 5.82 Å². The van der Waals surface area contributed by atoms with Gasteiger partial charge in [0.05, 0.1) is 5.56 Å². The monoisotopic (exact) mass is 250 g/mol. The van der Waals surface area contributed by atoms with E-state index in [-0.39, 0.29) is 17.5 Å². The lowest BCUT2D eigenvalue weighted by molar-refractivity contribution is 0.0732. The fraction of sp³-hybridized carbons (Fsp3) is 0.500. The largest absolute Gasteiger partial charge is 0.334 e. The van der Waals surface area contributed by atoms with E-state index in [0.717, 1.165) is 31.5 Å². The van der Waals surface area contributed by atoms with E-state index in [0.29, 0.717) is 0 Å². The second kappa shape index (κ2) is 5.48. The molecule has 1 aliphatic rings. The molecule has 0 bridgehead atoms. The van der Waals surface area contributed by atoms with Gasteiger partial charge in [-0.1, -0.05) is 11.6 Å². The first-order chi connectivity index (χ1) is 8.63. The fourth-order valence-corrected chi connectivity index (χ4v) is 2.51. The number of amides is 1. The van der Waals surface area contributed by atoms with Gasteiger partial charge in [-0.2, -0.15) is 0 Å². The lowest BCUT2D eigenvalue weighted by Crippen LogP contribution is -2.41. The van der Waals surface area contributed by atoms with Gasteiger partial charge in [-0.05, 0) is 38.9 Å². The van der Waals surface area contributed by atoms with Gasteiger partial charge in [-0.15, -0.1) is 0 Å². The van der Waals surface area contributed by atoms with Crippen LogP contribution in [0.1, 0.15) is 28.8 Å². The number of hydrogen-bond donors (Lipinski definition) is 1. The highest BCUT2D eigenvalue weighted by molar-refractivity contribution is 5.95. The molecule has 1 saturated heterocycles. The maximum absolute atomic E-state index is 13.7. The van der Waals surface area contributed by atoms with Gasteiger partial charge in [-0.3, -0.25) is 4.79 Å². The Labute approximate surface area is 107 Å². The normalized spacial score (nSPS) is 19.3. The Kier molecular flexibility index (Phi) is 3.97. The third kappa shape index (κ3) is 2.53. The zero-order valence-electron chi connectivity index (χ0n) is 10.9. The Morgan fingerprint density at radius 3 is 3.06 bits per heavy atom. The van der Waals surface area contributed by atoms with Crippen LogP contribution in [-0.2, 0) is 0 Å². The number of rotatable bonds is 3. The van der Waals surface area contributed by atoms with Gasteiger partial charge in [0.25, 0.3) is 5.91 Å². The highest BCUT2D eigenvalue weighted by atomic mass is 19.1. The molecule has 1 unspecified atom stereocenters. The molecule has 1 fully saturated rings. The van der Waals surface area contributed by atoms with E-state index in [4.69, 9.17) is 0 Å². The van der Waals surface area contributed by atoms with Crippen LogP contribution in [0.15, 0.2) is 18.2 Å². The average molecular weight is 250 g/mol. The van der Waals surface area contributed by atoms with Gasteiger partial charge < -0.3 is 10.2 Å². The van der Waals surface area contributed by atoms with Gasteiger partial charge in [0.2, 0.25) is 0 Å². The lowest BCUT2D eigenvalue weighted by atomic mass is 10.1. The molecule has 0 aromatic heterocycles. The van der Waals surface area contributed by atoms with Crippen molar-refractivity contribution in [1.82, 2.24) is 10.2 Å². The predicted molar refractivity (Wildman–Crippen MR) is 69.1 cm³/mol. The molecule has 0 radical (unpaired) electrons. The molecule has 1 heterocycles. The van der Waals surface area contributed by atoms with Crippen LogP contribution in [0.5, 0.6) is 0 Å². The molecule has 2 rings (SSSR count). The van der Waals surface area contributed by atoms with Crippen LogP contribution >= 0.6 is 0 Å². The van der Waals surface area contributed by atoms with Gasteiger partial charge in [0.15, 0.2) is 0 Å². The summed E-state index contributed by atoms with van der Waals surface area (Å²) >= 11 is 0. The minimum atomic E-state index is -0.430. The number of aryl methyl sites for hydroxylation is 1. The predicted octanol–water partition coefficient (Wildman–Crippen LogP) is 1.96. The first kappa shape index (κ1) is 13.0. The van der Waals surface area contributed by atoms with Crippen molar-refractivity contribution in [2.75, 3.05) is 20.1 Å². The minimum absolute atomic E-state index is 0.183. The zero-order valence-corrected chi connectivity index (χ0v) is 10.9.